The van der Waals surface area contributed by atoms with Crippen LogP contribution in [0, 0.1) is 5.82 Å². The van der Waals surface area contributed by atoms with Crippen LogP contribution in [0.5, 0.6) is 0 Å². The first-order valence-electron chi connectivity index (χ1n) is 6.04. The van der Waals surface area contributed by atoms with E-state index in [1.54, 1.807) is 6.07 Å². The van der Waals surface area contributed by atoms with E-state index < -0.39 is 5.82 Å². The molecular formula is C13H17FN2O3S. The van der Waals surface area contributed by atoms with Gasteiger partial charge in [-0.25, -0.2) is 4.39 Å². The summed E-state index contributed by atoms with van der Waals surface area (Å²) >= 11 is 1.24. The van der Waals surface area contributed by atoms with Crippen LogP contribution in [0.1, 0.15) is 12.8 Å². The Kier molecular flexibility index (Phi) is 6.86. The molecule has 0 aliphatic carbocycles. The first-order valence-corrected chi connectivity index (χ1v) is 7.03. The smallest absolute Gasteiger partial charge is 0.305 e. The lowest BCUT2D eigenvalue weighted by Crippen LogP contribution is -2.26. The second-order valence-corrected chi connectivity index (χ2v) is 5.02. The Morgan fingerprint density at radius 2 is 2.20 bits per heavy atom. The van der Waals surface area contributed by atoms with Crippen LogP contribution in [-0.4, -0.2) is 31.3 Å². The number of methoxy groups -OCH3 is 1. The van der Waals surface area contributed by atoms with Crippen molar-refractivity contribution in [2.75, 3.05) is 25.1 Å². The third-order valence-corrected chi connectivity index (χ3v) is 3.53. The number of hydrogen-bond donors (Lipinski definition) is 2. The third-order valence-electron chi connectivity index (χ3n) is 2.44. The molecule has 1 aromatic rings. The molecule has 1 amide bonds. The summed E-state index contributed by atoms with van der Waals surface area (Å²) in [5, 5.41) is 2.68. The fourth-order valence-corrected chi connectivity index (χ4v) is 2.19. The number of carbonyl (C=O) groups is 2. The van der Waals surface area contributed by atoms with Gasteiger partial charge in [0.2, 0.25) is 5.91 Å². The van der Waals surface area contributed by atoms with Gasteiger partial charge in [-0.15, -0.1) is 11.8 Å². The highest BCUT2D eigenvalue weighted by Crippen LogP contribution is 2.25. The van der Waals surface area contributed by atoms with Crippen LogP contribution in [0.2, 0.25) is 0 Å². The largest absolute Gasteiger partial charge is 0.469 e. The van der Waals surface area contributed by atoms with Crippen molar-refractivity contribution in [3.63, 3.8) is 0 Å². The van der Waals surface area contributed by atoms with E-state index in [-0.39, 0.29) is 24.1 Å². The highest BCUT2D eigenvalue weighted by atomic mass is 32.2. The molecule has 110 valence electrons. The summed E-state index contributed by atoms with van der Waals surface area (Å²) in [6, 6.07) is 4.06. The predicted molar refractivity (Wildman–Crippen MR) is 75.8 cm³/mol. The maximum Gasteiger partial charge on any atom is 0.305 e. The van der Waals surface area contributed by atoms with Crippen molar-refractivity contribution < 1.29 is 18.7 Å². The number of amides is 1. The summed E-state index contributed by atoms with van der Waals surface area (Å²) in [6.07, 6.45) is 0.802. The van der Waals surface area contributed by atoms with Crippen molar-refractivity contribution in [1.29, 1.82) is 0 Å². The van der Waals surface area contributed by atoms with Crippen LogP contribution >= 0.6 is 11.8 Å². The second kappa shape index (κ2) is 8.42. The molecule has 1 aromatic carbocycles. The molecular weight excluding hydrogens is 283 g/mol. The number of nitrogens with one attached hydrogen (secondary N) is 1. The van der Waals surface area contributed by atoms with E-state index in [1.807, 2.05) is 0 Å². The van der Waals surface area contributed by atoms with E-state index in [0.717, 1.165) is 0 Å². The minimum Gasteiger partial charge on any atom is -0.469 e. The highest BCUT2D eigenvalue weighted by molar-refractivity contribution is 8.00. The van der Waals surface area contributed by atoms with Crippen LogP contribution in [0.4, 0.5) is 10.1 Å². The third kappa shape index (κ3) is 5.92. The Morgan fingerprint density at radius 1 is 1.45 bits per heavy atom. The van der Waals surface area contributed by atoms with Crippen molar-refractivity contribution >= 4 is 29.3 Å². The number of thioether (sulfide) groups is 1. The molecule has 0 saturated carbocycles. The highest BCUT2D eigenvalue weighted by Gasteiger charge is 2.06. The maximum absolute atomic E-state index is 12.8. The van der Waals surface area contributed by atoms with Gasteiger partial charge in [0.1, 0.15) is 5.82 Å². The molecule has 0 aliphatic heterocycles. The van der Waals surface area contributed by atoms with E-state index in [1.165, 1.54) is 31.0 Å². The van der Waals surface area contributed by atoms with Gasteiger partial charge >= 0.3 is 5.97 Å². The minimum absolute atomic E-state index is 0.163. The normalized spacial score (nSPS) is 10.1. The molecule has 0 fully saturated rings. The molecule has 5 nitrogen and oxygen atoms in total. The summed E-state index contributed by atoms with van der Waals surface area (Å²) in [5.74, 6) is -0.677. The first-order chi connectivity index (χ1) is 9.52. The zero-order chi connectivity index (χ0) is 15.0. The van der Waals surface area contributed by atoms with Gasteiger partial charge in [-0.05, 0) is 24.6 Å². The average Bonchev–Trinajstić information content (AvgIpc) is 2.42. The van der Waals surface area contributed by atoms with Gasteiger partial charge in [0, 0.05) is 23.5 Å². The van der Waals surface area contributed by atoms with Crippen LogP contribution in [-0.2, 0) is 14.3 Å². The van der Waals surface area contributed by atoms with Crippen LogP contribution in [0.15, 0.2) is 23.1 Å². The van der Waals surface area contributed by atoms with Gasteiger partial charge in [-0.1, -0.05) is 0 Å². The molecule has 0 heterocycles. The predicted octanol–water partition coefficient (Wildman–Crippen LogP) is 1.57. The number of benzene rings is 1. The quantitative estimate of drug-likeness (QED) is 0.346. The van der Waals surface area contributed by atoms with Gasteiger partial charge in [0.05, 0.1) is 12.9 Å². The number of hydrogen-bond acceptors (Lipinski definition) is 5. The number of carbonyl (C=O) groups excluding carboxylic acids is 2. The van der Waals surface area contributed by atoms with Gasteiger partial charge in [0.15, 0.2) is 0 Å². The Balaban J connectivity index is 2.24. The van der Waals surface area contributed by atoms with Gasteiger partial charge < -0.3 is 15.8 Å². The number of ether oxygens (including phenoxy) is 1. The number of anilines is 1. The van der Waals surface area contributed by atoms with Crippen LogP contribution in [0.3, 0.4) is 0 Å². The van der Waals surface area contributed by atoms with Crippen molar-refractivity contribution in [2.45, 2.75) is 17.7 Å². The van der Waals surface area contributed by atoms with Crippen molar-refractivity contribution in [2.24, 2.45) is 0 Å². The molecule has 0 bridgehead atoms. The number of nitrogen functional groups attached to an aromatic ring is 1. The SMILES string of the molecule is COC(=O)CCCNC(=O)CSc1ccc(F)cc1N. The molecule has 0 atom stereocenters. The molecule has 7 heteroatoms. The molecule has 3 N–H and O–H groups in total. The first kappa shape index (κ1) is 16.3. The molecule has 0 aliphatic rings. The van der Waals surface area contributed by atoms with Gasteiger partial charge in [0.25, 0.3) is 0 Å². The standard InChI is InChI=1S/C13H17FN2O3S/c1-19-13(18)3-2-6-16-12(17)8-20-11-5-4-9(14)7-10(11)15/h4-5,7H,2-3,6,8,15H2,1H3,(H,16,17). The van der Waals surface area contributed by atoms with Gasteiger partial charge in [-0.2, -0.15) is 0 Å². The van der Waals surface area contributed by atoms with E-state index in [4.69, 9.17) is 5.73 Å². The van der Waals surface area contributed by atoms with Gasteiger partial charge in [-0.3, -0.25) is 9.59 Å². The fraction of sp³-hybridized carbons (Fsp3) is 0.385. The monoisotopic (exact) mass is 300 g/mol. The molecule has 1 rings (SSSR count). The van der Waals surface area contributed by atoms with Crippen LogP contribution < -0.4 is 11.1 Å². The summed E-state index contributed by atoms with van der Waals surface area (Å²) in [7, 11) is 1.32. The fourth-order valence-electron chi connectivity index (χ4n) is 1.41. The second-order valence-electron chi connectivity index (χ2n) is 4.00. The lowest BCUT2D eigenvalue weighted by atomic mass is 10.3. The lowest BCUT2D eigenvalue weighted by molar-refractivity contribution is -0.140. The maximum atomic E-state index is 12.8. The average molecular weight is 300 g/mol. The number of halogens is 1. The van der Waals surface area contributed by atoms with Crippen molar-refractivity contribution in [1.82, 2.24) is 5.32 Å². The Labute approximate surface area is 121 Å². The Morgan fingerprint density at radius 3 is 2.85 bits per heavy atom. The number of rotatable bonds is 7. The molecule has 0 spiro atoms. The summed E-state index contributed by atoms with van der Waals surface area (Å²) in [5.41, 5.74) is 5.95. The molecule has 0 saturated heterocycles. The molecule has 0 aromatic heterocycles. The molecule has 0 unspecified atom stereocenters. The van der Waals surface area contributed by atoms with E-state index >= 15 is 0 Å². The van der Waals surface area contributed by atoms with Crippen LogP contribution in [0.25, 0.3) is 0 Å². The zero-order valence-corrected chi connectivity index (χ0v) is 12.0. The summed E-state index contributed by atoms with van der Waals surface area (Å²) < 4.78 is 17.3. The topological polar surface area (TPSA) is 81.4 Å². The Bertz CT molecular complexity index is 483. The molecule has 0 radical (unpaired) electrons. The van der Waals surface area contributed by atoms with E-state index in [9.17, 15) is 14.0 Å². The summed E-state index contributed by atoms with van der Waals surface area (Å²) in [6.45, 7) is 0.410. The lowest BCUT2D eigenvalue weighted by Gasteiger charge is -2.06. The van der Waals surface area contributed by atoms with Crippen molar-refractivity contribution in [3.05, 3.63) is 24.0 Å². The van der Waals surface area contributed by atoms with E-state index in [0.29, 0.717) is 23.5 Å². The minimum atomic E-state index is -0.404. The number of nitrogens with two attached hydrogens (primary N) is 1. The Hall–Kier alpha value is -1.76. The zero-order valence-electron chi connectivity index (χ0n) is 11.1. The summed E-state index contributed by atoms with van der Waals surface area (Å²) in [4.78, 5) is 23.1. The van der Waals surface area contributed by atoms with Crippen molar-refractivity contribution in [3.8, 4) is 0 Å². The molecule has 20 heavy (non-hydrogen) atoms. The van der Waals surface area contributed by atoms with E-state index in [2.05, 4.69) is 10.1 Å². The number of esters is 1.